The molecule has 3 aromatic carbocycles. The third kappa shape index (κ3) is 6.38. The summed E-state index contributed by atoms with van der Waals surface area (Å²) in [5.74, 6) is 2.24. The van der Waals surface area contributed by atoms with Crippen molar-refractivity contribution in [2.45, 2.75) is 30.0 Å². The molecule has 7 heteroatoms. The predicted molar refractivity (Wildman–Crippen MR) is 139 cm³/mol. The van der Waals surface area contributed by atoms with Crippen molar-refractivity contribution in [2.75, 3.05) is 18.4 Å². The number of anilines is 1. The highest BCUT2D eigenvalue weighted by Crippen LogP contribution is 2.25. The van der Waals surface area contributed by atoms with Gasteiger partial charge >= 0.3 is 0 Å². The molecule has 4 aromatic rings. The zero-order chi connectivity index (χ0) is 23.9. The van der Waals surface area contributed by atoms with Crippen LogP contribution in [0.4, 0.5) is 5.69 Å². The molecule has 0 bridgehead atoms. The summed E-state index contributed by atoms with van der Waals surface area (Å²) in [5.41, 5.74) is 3.03. The summed E-state index contributed by atoms with van der Waals surface area (Å²) in [4.78, 5) is 20.9. The van der Waals surface area contributed by atoms with Crippen molar-refractivity contribution in [3.8, 4) is 11.4 Å². The second kappa shape index (κ2) is 11.3. The van der Waals surface area contributed by atoms with Crippen LogP contribution in [-0.2, 0) is 17.1 Å². The van der Waals surface area contributed by atoms with Crippen molar-refractivity contribution in [2.24, 2.45) is 5.92 Å². The summed E-state index contributed by atoms with van der Waals surface area (Å²) < 4.78 is 5.44. The van der Waals surface area contributed by atoms with Gasteiger partial charge in [-0.15, -0.1) is 11.8 Å². The molecule has 5 rings (SSSR count). The summed E-state index contributed by atoms with van der Waals surface area (Å²) in [6.45, 7) is 2.27. The van der Waals surface area contributed by atoms with E-state index in [-0.39, 0.29) is 11.8 Å². The van der Waals surface area contributed by atoms with Crippen LogP contribution in [0.2, 0.25) is 0 Å². The number of nitrogens with one attached hydrogen (secondary N) is 1. The van der Waals surface area contributed by atoms with Gasteiger partial charge in [-0.1, -0.05) is 65.8 Å². The van der Waals surface area contributed by atoms with Crippen LogP contribution in [0.15, 0.2) is 94.3 Å². The first-order valence-corrected chi connectivity index (χ1v) is 12.9. The number of hydrogen-bond donors (Lipinski definition) is 1. The van der Waals surface area contributed by atoms with Crippen LogP contribution in [0.5, 0.6) is 0 Å². The quantitative estimate of drug-likeness (QED) is 0.315. The van der Waals surface area contributed by atoms with Crippen molar-refractivity contribution in [3.63, 3.8) is 0 Å². The molecular weight excluding hydrogens is 456 g/mol. The smallest absolute Gasteiger partial charge is 0.241 e. The molecule has 1 saturated heterocycles. The van der Waals surface area contributed by atoms with Crippen LogP contribution < -0.4 is 5.32 Å². The monoisotopic (exact) mass is 484 g/mol. The number of thioether (sulfide) groups is 1. The lowest BCUT2D eigenvalue weighted by atomic mass is 9.96. The molecule has 1 aliphatic heterocycles. The van der Waals surface area contributed by atoms with Crippen molar-refractivity contribution in [3.05, 3.63) is 96.4 Å². The number of nitrogens with zero attached hydrogens (tertiary/aromatic N) is 3. The molecule has 0 unspecified atom stereocenters. The maximum Gasteiger partial charge on any atom is 0.241 e. The number of piperidine rings is 1. The van der Waals surface area contributed by atoms with Gasteiger partial charge in [0.2, 0.25) is 17.6 Å². The van der Waals surface area contributed by atoms with Crippen LogP contribution in [-0.4, -0.2) is 34.0 Å². The standard InChI is InChI=1S/C28H28N4O2S/c33-28(29-24-13-11-21(12-14-24)20-35-25-9-5-2-6-10-25)23-15-17-32(18-16-23)19-26-30-27(31-34-26)22-7-3-1-4-8-22/h1-14,23H,15-20H2,(H,29,33). The van der Waals surface area contributed by atoms with E-state index in [9.17, 15) is 4.79 Å². The number of aromatic nitrogens is 2. The van der Waals surface area contributed by atoms with E-state index in [2.05, 4.69) is 56.8 Å². The Bertz CT molecular complexity index is 1220. The molecule has 1 fully saturated rings. The fourth-order valence-corrected chi connectivity index (χ4v) is 5.06. The van der Waals surface area contributed by atoms with Crippen LogP contribution in [0, 0.1) is 5.92 Å². The highest BCUT2D eigenvalue weighted by molar-refractivity contribution is 7.98. The van der Waals surface area contributed by atoms with Crippen LogP contribution >= 0.6 is 11.8 Å². The summed E-state index contributed by atoms with van der Waals surface area (Å²) in [6, 6.07) is 28.4. The molecule has 0 atom stereocenters. The number of carbonyl (C=O) groups is 1. The lowest BCUT2D eigenvalue weighted by molar-refractivity contribution is -0.121. The van der Waals surface area contributed by atoms with Crippen LogP contribution in [0.25, 0.3) is 11.4 Å². The zero-order valence-corrected chi connectivity index (χ0v) is 20.3. The highest BCUT2D eigenvalue weighted by Gasteiger charge is 2.26. The van der Waals surface area contributed by atoms with E-state index >= 15 is 0 Å². The molecule has 178 valence electrons. The van der Waals surface area contributed by atoms with Crippen molar-refractivity contribution < 1.29 is 9.32 Å². The number of amides is 1. The Labute approximate surface area is 209 Å². The molecule has 0 aliphatic carbocycles. The molecule has 1 aromatic heterocycles. The lowest BCUT2D eigenvalue weighted by Gasteiger charge is -2.30. The summed E-state index contributed by atoms with van der Waals surface area (Å²) in [7, 11) is 0. The van der Waals surface area contributed by atoms with Gasteiger partial charge < -0.3 is 9.84 Å². The summed E-state index contributed by atoms with van der Waals surface area (Å²) >= 11 is 1.81. The average Bonchev–Trinajstić information content (AvgIpc) is 3.38. The molecule has 0 radical (unpaired) electrons. The average molecular weight is 485 g/mol. The highest BCUT2D eigenvalue weighted by atomic mass is 32.2. The number of likely N-dealkylation sites (tertiary alicyclic amines) is 1. The normalized spacial score (nSPS) is 14.6. The van der Waals surface area contributed by atoms with Crippen molar-refractivity contribution in [1.29, 1.82) is 0 Å². The molecule has 1 amide bonds. The second-order valence-electron chi connectivity index (χ2n) is 8.72. The van der Waals surface area contributed by atoms with E-state index in [0.717, 1.165) is 42.9 Å². The Kier molecular flexibility index (Phi) is 7.56. The van der Waals surface area contributed by atoms with E-state index in [0.29, 0.717) is 18.3 Å². The molecule has 1 N–H and O–H groups in total. The van der Waals surface area contributed by atoms with E-state index in [1.165, 1.54) is 10.5 Å². The molecule has 2 heterocycles. The lowest BCUT2D eigenvalue weighted by Crippen LogP contribution is -2.37. The topological polar surface area (TPSA) is 71.3 Å². The first-order chi connectivity index (χ1) is 17.2. The minimum absolute atomic E-state index is 0.0159. The van der Waals surface area contributed by atoms with Gasteiger partial charge in [0.15, 0.2) is 0 Å². The number of rotatable bonds is 8. The molecule has 6 nitrogen and oxygen atoms in total. The third-order valence-electron chi connectivity index (χ3n) is 6.19. The van der Waals surface area contributed by atoms with E-state index < -0.39 is 0 Å². The second-order valence-corrected chi connectivity index (χ2v) is 9.76. The fraction of sp³-hybridized carbons (Fsp3) is 0.250. The van der Waals surface area contributed by atoms with Gasteiger partial charge in [0.25, 0.3) is 0 Å². The largest absolute Gasteiger partial charge is 0.338 e. The number of benzene rings is 3. The first-order valence-electron chi connectivity index (χ1n) is 11.9. The molecule has 0 saturated carbocycles. The Morgan fingerprint density at radius 1 is 0.943 bits per heavy atom. The molecule has 0 spiro atoms. The fourth-order valence-electron chi connectivity index (χ4n) is 4.18. The minimum Gasteiger partial charge on any atom is -0.338 e. The Balaban J connectivity index is 1.07. The van der Waals surface area contributed by atoms with Gasteiger partial charge in [0, 0.05) is 27.8 Å². The van der Waals surface area contributed by atoms with Gasteiger partial charge in [-0.3, -0.25) is 9.69 Å². The number of hydrogen-bond acceptors (Lipinski definition) is 6. The maximum atomic E-state index is 12.8. The Morgan fingerprint density at radius 3 is 2.34 bits per heavy atom. The Morgan fingerprint density at radius 2 is 1.63 bits per heavy atom. The number of carbonyl (C=O) groups excluding carboxylic acids is 1. The summed E-state index contributed by atoms with van der Waals surface area (Å²) in [6.07, 6.45) is 1.63. The van der Waals surface area contributed by atoms with Crippen molar-refractivity contribution in [1.82, 2.24) is 15.0 Å². The maximum absolute atomic E-state index is 12.8. The Hall–Kier alpha value is -3.42. The molecular formula is C28H28N4O2S. The molecule has 35 heavy (non-hydrogen) atoms. The first kappa shape index (κ1) is 23.3. The van der Waals surface area contributed by atoms with E-state index in [1.807, 2.05) is 60.3 Å². The van der Waals surface area contributed by atoms with Crippen LogP contribution in [0.3, 0.4) is 0 Å². The third-order valence-corrected chi connectivity index (χ3v) is 7.27. The SMILES string of the molecule is O=C(Nc1ccc(CSc2ccccc2)cc1)C1CCN(Cc2nc(-c3ccccc3)no2)CC1. The molecule has 1 aliphatic rings. The van der Waals surface area contributed by atoms with E-state index in [1.54, 1.807) is 0 Å². The van der Waals surface area contributed by atoms with Gasteiger partial charge in [-0.05, 0) is 55.8 Å². The van der Waals surface area contributed by atoms with Crippen molar-refractivity contribution >= 4 is 23.4 Å². The van der Waals surface area contributed by atoms with Gasteiger partial charge in [0.1, 0.15) is 0 Å². The minimum atomic E-state index is 0.0159. The predicted octanol–water partition coefficient (Wildman–Crippen LogP) is 5.88. The van der Waals surface area contributed by atoms with Gasteiger partial charge in [0.05, 0.1) is 6.54 Å². The van der Waals surface area contributed by atoms with Crippen LogP contribution in [0.1, 0.15) is 24.3 Å². The zero-order valence-electron chi connectivity index (χ0n) is 19.5. The summed E-state index contributed by atoms with van der Waals surface area (Å²) in [5, 5.41) is 7.19. The van der Waals surface area contributed by atoms with Gasteiger partial charge in [-0.25, -0.2) is 0 Å². The van der Waals surface area contributed by atoms with E-state index in [4.69, 9.17) is 4.52 Å². The van der Waals surface area contributed by atoms with Gasteiger partial charge in [-0.2, -0.15) is 4.98 Å².